The van der Waals surface area contributed by atoms with E-state index in [2.05, 4.69) is 9.98 Å². The summed E-state index contributed by atoms with van der Waals surface area (Å²) in [6.45, 7) is 7.61. The number of aliphatic imine (C=N–C) groups is 1. The summed E-state index contributed by atoms with van der Waals surface area (Å²) >= 11 is 0. The van der Waals surface area contributed by atoms with Crippen molar-refractivity contribution >= 4 is 29.1 Å². The lowest BCUT2D eigenvalue weighted by molar-refractivity contribution is -0.120. The highest BCUT2D eigenvalue weighted by Crippen LogP contribution is 2.31. The van der Waals surface area contributed by atoms with E-state index in [0.29, 0.717) is 17.1 Å². The van der Waals surface area contributed by atoms with Gasteiger partial charge >= 0.3 is 5.97 Å². The van der Waals surface area contributed by atoms with Crippen molar-refractivity contribution in [2.75, 3.05) is 6.61 Å². The molecular formula is C25H31N3O5. The number of esters is 1. The van der Waals surface area contributed by atoms with Gasteiger partial charge in [-0.15, -0.1) is 0 Å². The van der Waals surface area contributed by atoms with Gasteiger partial charge in [0.25, 0.3) is 0 Å². The van der Waals surface area contributed by atoms with Gasteiger partial charge in [-0.25, -0.2) is 14.8 Å². The number of ketones is 2. The van der Waals surface area contributed by atoms with Gasteiger partial charge in [-0.2, -0.15) is 0 Å². The second-order valence-corrected chi connectivity index (χ2v) is 8.39. The van der Waals surface area contributed by atoms with E-state index in [0.717, 1.165) is 12.8 Å². The number of benzene rings is 1. The Balaban J connectivity index is 1.88. The maximum atomic E-state index is 12.7. The molecule has 1 aromatic heterocycles. The first-order valence-corrected chi connectivity index (χ1v) is 11.4. The molecule has 8 heteroatoms. The summed E-state index contributed by atoms with van der Waals surface area (Å²) in [7, 11) is 0. The van der Waals surface area contributed by atoms with E-state index < -0.39 is 12.2 Å². The molecule has 3 rings (SSSR count). The lowest BCUT2D eigenvalue weighted by Crippen LogP contribution is -2.26. The van der Waals surface area contributed by atoms with Crippen molar-refractivity contribution in [3.05, 3.63) is 47.9 Å². The Bertz CT molecular complexity index is 1020. The highest BCUT2D eigenvalue weighted by atomic mass is 16.6. The van der Waals surface area contributed by atoms with Gasteiger partial charge in [0.1, 0.15) is 12.4 Å². The van der Waals surface area contributed by atoms with Gasteiger partial charge in [0.05, 0.1) is 24.4 Å². The molecular weight excluding hydrogens is 422 g/mol. The van der Waals surface area contributed by atoms with Crippen LogP contribution in [0.2, 0.25) is 0 Å². The number of carbonyl (C=O) groups excluding carboxylic acids is 3. The number of imidazole rings is 1. The molecule has 0 radical (unpaired) electrons. The van der Waals surface area contributed by atoms with E-state index in [1.807, 2.05) is 33.8 Å². The maximum Gasteiger partial charge on any atom is 0.338 e. The molecule has 176 valence electrons. The van der Waals surface area contributed by atoms with Gasteiger partial charge in [0, 0.05) is 18.1 Å². The monoisotopic (exact) mass is 453 g/mol. The Labute approximate surface area is 194 Å². The summed E-state index contributed by atoms with van der Waals surface area (Å²) in [5, 5.41) is 0. The molecule has 2 heterocycles. The summed E-state index contributed by atoms with van der Waals surface area (Å²) in [6, 6.07) is 8.71. The topological polar surface area (TPSA) is 99.8 Å². The number of carbonyl (C=O) groups is 3. The van der Waals surface area contributed by atoms with Crippen LogP contribution in [0.15, 0.2) is 41.7 Å². The molecule has 0 bridgehead atoms. The summed E-state index contributed by atoms with van der Waals surface area (Å²) in [6.07, 6.45) is 2.44. The molecule has 0 amide bonds. The third-order valence-electron chi connectivity index (χ3n) is 5.62. The zero-order valence-electron chi connectivity index (χ0n) is 19.6. The van der Waals surface area contributed by atoms with Gasteiger partial charge in [0.15, 0.2) is 23.5 Å². The van der Waals surface area contributed by atoms with Crippen LogP contribution in [-0.2, 0) is 14.3 Å². The molecule has 0 aliphatic carbocycles. The fraction of sp³-hybridized carbons (Fsp3) is 0.480. The summed E-state index contributed by atoms with van der Waals surface area (Å²) in [4.78, 5) is 46.3. The van der Waals surface area contributed by atoms with E-state index in [4.69, 9.17) is 9.47 Å². The van der Waals surface area contributed by atoms with Crippen molar-refractivity contribution in [1.29, 1.82) is 0 Å². The van der Waals surface area contributed by atoms with Crippen LogP contribution in [0, 0.1) is 5.92 Å². The second kappa shape index (κ2) is 11.1. The summed E-state index contributed by atoms with van der Waals surface area (Å²) in [5.41, 5.74) is 1.19. The molecule has 0 saturated carbocycles. The average Bonchev–Trinajstić information content (AvgIpc) is 3.24. The number of aromatic nitrogens is 2. The molecule has 2 aromatic rings. The fourth-order valence-corrected chi connectivity index (χ4v) is 3.53. The summed E-state index contributed by atoms with van der Waals surface area (Å²) in [5.74, 6) is -0.432. The van der Waals surface area contributed by atoms with Crippen molar-refractivity contribution in [3.63, 3.8) is 0 Å². The molecule has 0 saturated heterocycles. The van der Waals surface area contributed by atoms with Crippen molar-refractivity contribution in [2.24, 2.45) is 10.9 Å². The van der Waals surface area contributed by atoms with E-state index in [9.17, 15) is 14.4 Å². The minimum absolute atomic E-state index is 0.0256. The molecule has 8 nitrogen and oxygen atoms in total. The van der Waals surface area contributed by atoms with Crippen molar-refractivity contribution in [1.82, 2.24) is 9.55 Å². The second-order valence-electron chi connectivity index (χ2n) is 8.39. The van der Waals surface area contributed by atoms with Crippen molar-refractivity contribution < 1.29 is 23.9 Å². The van der Waals surface area contributed by atoms with Crippen LogP contribution in [0.4, 0.5) is 5.82 Å². The van der Waals surface area contributed by atoms with Crippen LogP contribution >= 0.6 is 0 Å². The third kappa shape index (κ3) is 6.01. The van der Waals surface area contributed by atoms with Crippen LogP contribution in [0.25, 0.3) is 0 Å². The molecule has 0 unspecified atom stereocenters. The standard InChI is InChI=1S/C25H31N3O5/c1-5-19(6-2)33-22(14-32-25(31)17-10-8-7-9-11-17)28-15-26-23-21(30)13-18(27-24(23)28)12-20(29)16(3)4/h7-11,15-16,19,22H,5-6,12-14H2,1-4H3/t22-/m1/s1. The number of hydrogen-bond donors (Lipinski definition) is 0. The normalized spacial score (nSPS) is 14.2. The third-order valence-corrected chi connectivity index (χ3v) is 5.62. The van der Waals surface area contributed by atoms with Crippen LogP contribution in [-0.4, -0.2) is 45.5 Å². The van der Waals surface area contributed by atoms with Gasteiger partial charge in [-0.05, 0) is 25.0 Å². The van der Waals surface area contributed by atoms with E-state index >= 15 is 0 Å². The number of fused-ring (bicyclic) bond motifs is 1. The van der Waals surface area contributed by atoms with Crippen LogP contribution in [0.3, 0.4) is 0 Å². The average molecular weight is 454 g/mol. The summed E-state index contributed by atoms with van der Waals surface area (Å²) < 4.78 is 13.4. The zero-order valence-corrected chi connectivity index (χ0v) is 19.6. The molecule has 33 heavy (non-hydrogen) atoms. The molecule has 0 spiro atoms. The first-order chi connectivity index (χ1) is 15.8. The van der Waals surface area contributed by atoms with Crippen LogP contribution in [0.5, 0.6) is 0 Å². The van der Waals surface area contributed by atoms with Gasteiger partial charge in [-0.1, -0.05) is 45.9 Å². The minimum atomic E-state index is -0.712. The van der Waals surface area contributed by atoms with E-state index in [1.165, 1.54) is 6.33 Å². The lowest BCUT2D eigenvalue weighted by Gasteiger charge is -2.25. The molecule has 0 fully saturated rings. The number of Topliss-reactive ketones (excluding diaryl/α,β-unsaturated/α-hetero) is 2. The van der Waals surface area contributed by atoms with Gasteiger partial charge < -0.3 is 9.47 Å². The first kappa shape index (κ1) is 24.5. The Morgan fingerprint density at radius 1 is 1.12 bits per heavy atom. The number of nitrogens with zero attached hydrogens (tertiary/aromatic N) is 3. The maximum absolute atomic E-state index is 12.7. The molecule has 1 aromatic carbocycles. The van der Waals surface area contributed by atoms with Gasteiger partial charge in [0.2, 0.25) is 0 Å². The Hall–Kier alpha value is -3.13. The first-order valence-electron chi connectivity index (χ1n) is 11.4. The largest absolute Gasteiger partial charge is 0.457 e. The number of hydrogen-bond acceptors (Lipinski definition) is 7. The molecule has 1 atom stereocenters. The SMILES string of the molecule is CCC(CC)O[C@H](COC(=O)c1ccccc1)n1cnc2c1N=C(CC(=O)C(C)C)CC2=O. The van der Waals surface area contributed by atoms with E-state index in [-0.39, 0.29) is 48.7 Å². The quantitative estimate of drug-likeness (QED) is 0.457. The predicted molar refractivity (Wildman–Crippen MR) is 124 cm³/mol. The van der Waals surface area contributed by atoms with E-state index in [1.54, 1.807) is 28.8 Å². The minimum Gasteiger partial charge on any atom is -0.457 e. The van der Waals surface area contributed by atoms with Crippen LogP contribution < -0.4 is 0 Å². The highest BCUT2D eigenvalue weighted by molar-refractivity contribution is 6.18. The lowest BCUT2D eigenvalue weighted by atomic mass is 9.98. The Morgan fingerprint density at radius 3 is 2.45 bits per heavy atom. The highest BCUT2D eigenvalue weighted by Gasteiger charge is 2.30. The predicted octanol–water partition coefficient (Wildman–Crippen LogP) is 4.72. The zero-order chi connectivity index (χ0) is 24.0. The smallest absolute Gasteiger partial charge is 0.338 e. The molecule has 0 N–H and O–H groups in total. The number of ether oxygens (including phenoxy) is 2. The van der Waals surface area contributed by atoms with Gasteiger partial charge in [-0.3, -0.25) is 14.2 Å². The fourth-order valence-electron chi connectivity index (χ4n) is 3.53. The molecule has 1 aliphatic rings. The Morgan fingerprint density at radius 2 is 1.82 bits per heavy atom. The van der Waals surface area contributed by atoms with Crippen molar-refractivity contribution in [2.45, 2.75) is 65.7 Å². The number of rotatable bonds is 11. The van der Waals surface area contributed by atoms with Crippen molar-refractivity contribution in [3.8, 4) is 0 Å². The van der Waals surface area contributed by atoms with Crippen LogP contribution in [0.1, 0.15) is 80.5 Å². The molecule has 1 aliphatic heterocycles. The Kier molecular flexibility index (Phi) is 8.27.